The summed E-state index contributed by atoms with van der Waals surface area (Å²) in [6.45, 7) is -0.351. The van der Waals surface area contributed by atoms with Gasteiger partial charge in [0.2, 0.25) is 0 Å². The summed E-state index contributed by atoms with van der Waals surface area (Å²) in [7, 11) is 1.51. The molecule has 124 valence electrons. The van der Waals surface area contributed by atoms with E-state index in [1.54, 1.807) is 24.3 Å². The molecule has 0 aliphatic carbocycles. The highest BCUT2D eigenvalue weighted by Gasteiger charge is 2.12. The van der Waals surface area contributed by atoms with Crippen LogP contribution in [0.1, 0.15) is 10.4 Å². The minimum atomic E-state index is -0.619. The number of hydrogen-bond donors (Lipinski definition) is 1. The molecule has 1 amide bonds. The van der Waals surface area contributed by atoms with Crippen LogP contribution in [0, 0.1) is 10.1 Å². The Kier molecular flexibility index (Phi) is 5.45. The number of ether oxygens (including phenoxy) is 2. The molecule has 0 aliphatic rings. The largest absolute Gasteiger partial charge is 0.497 e. The molecule has 8 heteroatoms. The zero-order valence-corrected chi connectivity index (χ0v) is 12.7. The van der Waals surface area contributed by atoms with Gasteiger partial charge in [0.1, 0.15) is 11.5 Å². The van der Waals surface area contributed by atoms with Gasteiger partial charge in [-0.3, -0.25) is 19.7 Å². The molecule has 0 heterocycles. The molecule has 0 aromatic heterocycles. The average molecular weight is 330 g/mol. The van der Waals surface area contributed by atoms with Crippen molar-refractivity contribution in [3.05, 3.63) is 58.1 Å². The number of methoxy groups -OCH3 is 1. The number of nitrogens with zero attached hydrogens (tertiary/aromatic N) is 1. The normalized spacial score (nSPS) is 9.88. The predicted octanol–water partition coefficient (Wildman–Crippen LogP) is 2.43. The molecule has 0 fully saturated rings. The van der Waals surface area contributed by atoms with Crippen LogP contribution in [0.4, 0.5) is 11.4 Å². The number of non-ortho nitro benzene ring substituents is 1. The highest BCUT2D eigenvalue weighted by molar-refractivity contribution is 5.92. The first-order chi connectivity index (χ1) is 11.5. The van der Waals surface area contributed by atoms with Crippen molar-refractivity contribution < 1.29 is 24.0 Å². The van der Waals surface area contributed by atoms with Gasteiger partial charge in [0.05, 0.1) is 17.6 Å². The van der Waals surface area contributed by atoms with Crippen LogP contribution in [0.25, 0.3) is 0 Å². The van der Waals surface area contributed by atoms with E-state index in [-0.39, 0.29) is 23.6 Å². The Labute approximate surface area is 137 Å². The molecule has 24 heavy (non-hydrogen) atoms. The summed E-state index contributed by atoms with van der Waals surface area (Å²) in [5, 5.41) is 13.3. The van der Waals surface area contributed by atoms with Gasteiger partial charge in [-0.05, 0) is 18.2 Å². The first-order valence-electron chi connectivity index (χ1n) is 6.84. The van der Waals surface area contributed by atoms with E-state index in [0.717, 1.165) is 6.07 Å². The Morgan fingerprint density at radius 1 is 1.29 bits per heavy atom. The van der Waals surface area contributed by atoms with E-state index in [4.69, 9.17) is 9.47 Å². The summed E-state index contributed by atoms with van der Waals surface area (Å²) in [5.41, 5.74) is 0.297. The van der Waals surface area contributed by atoms with Gasteiger partial charge in [-0.25, -0.2) is 0 Å². The summed E-state index contributed by atoms with van der Waals surface area (Å²) in [5.74, 6) is 0.238. The fourth-order valence-electron chi connectivity index (χ4n) is 1.91. The fraction of sp³-hybridized carbons (Fsp3) is 0.125. The molecule has 0 saturated heterocycles. The molecule has 0 unspecified atom stereocenters. The topological polar surface area (TPSA) is 108 Å². The number of carbonyl (C=O) groups excluding carboxylic acids is 2. The minimum Gasteiger partial charge on any atom is -0.497 e. The van der Waals surface area contributed by atoms with E-state index < -0.39 is 10.8 Å². The Morgan fingerprint density at radius 2 is 2.08 bits per heavy atom. The van der Waals surface area contributed by atoms with Gasteiger partial charge in [0.15, 0.2) is 12.9 Å². The molecule has 0 bridgehead atoms. The van der Waals surface area contributed by atoms with Crippen LogP contribution in [-0.2, 0) is 4.79 Å². The number of nitrogens with one attached hydrogen (secondary N) is 1. The van der Waals surface area contributed by atoms with E-state index in [2.05, 4.69) is 5.32 Å². The number of benzene rings is 2. The number of nitro groups is 1. The molecule has 0 aliphatic heterocycles. The van der Waals surface area contributed by atoms with Gasteiger partial charge < -0.3 is 14.8 Å². The van der Waals surface area contributed by atoms with E-state index in [0.29, 0.717) is 17.7 Å². The van der Waals surface area contributed by atoms with E-state index in [1.165, 1.54) is 19.2 Å². The molecule has 0 atom stereocenters. The molecule has 0 saturated carbocycles. The fourth-order valence-corrected chi connectivity index (χ4v) is 1.91. The van der Waals surface area contributed by atoms with Crippen LogP contribution in [0.5, 0.6) is 11.5 Å². The van der Waals surface area contributed by atoms with Crippen LogP contribution >= 0.6 is 0 Å². The van der Waals surface area contributed by atoms with Crippen molar-refractivity contribution in [2.75, 3.05) is 19.0 Å². The van der Waals surface area contributed by atoms with Crippen molar-refractivity contribution in [2.45, 2.75) is 0 Å². The standard InChI is InChI=1S/C16H14N2O6/c1-23-14-4-2-3-12(8-14)17-16(20)10-24-15-6-5-13(18(21)22)7-11(15)9-19/h2-9H,10H2,1H3,(H,17,20). The van der Waals surface area contributed by atoms with Crippen molar-refractivity contribution in [3.63, 3.8) is 0 Å². The molecule has 2 aromatic carbocycles. The highest BCUT2D eigenvalue weighted by Crippen LogP contribution is 2.23. The van der Waals surface area contributed by atoms with E-state index in [1.807, 2.05) is 0 Å². The van der Waals surface area contributed by atoms with Crippen LogP contribution in [0.3, 0.4) is 0 Å². The lowest BCUT2D eigenvalue weighted by Crippen LogP contribution is -2.20. The van der Waals surface area contributed by atoms with Crippen LogP contribution in [0.15, 0.2) is 42.5 Å². The third-order valence-corrected chi connectivity index (χ3v) is 3.04. The molecule has 0 spiro atoms. The lowest BCUT2D eigenvalue weighted by molar-refractivity contribution is -0.384. The molecule has 1 N–H and O–H groups in total. The Balaban J connectivity index is 2.00. The number of hydrogen-bond acceptors (Lipinski definition) is 6. The van der Waals surface area contributed by atoms with Crippen molar-refractivity contribution in [3.8, 4) is 11.5 Å². The van der Waals surface area contributed by atoms with E-state index in [9.17, 15) is 19.7 Å². The molecular weight excluding hydrogens is 316 g/mol. The van der Waals surface area contributed by atoms with Crippen molar-refractivity contribution >= 4 is 23.6 Å². The van der Waals surface area contributed by atoms with Crippen LogP contribution in [-0.4, -0.2) is 30.8 Å². The molecule has 0 radical (unpaired) electrons. The van der Waals surface area contributed by atoms with Crippen molar-refractivity contribution in [2.24, 2.45) is 0 Å². The van der Waals surface area contributed by atoms with Gasteiger partial charge in [0.25, 0.3) is 11.6 Å². The maximum Gasteiger partial charge on any atom is 0.270 e. The Hall–Kier alpha value is -3.42. The van der Waals surface area contributed by atoms with E-state index >= 15 is 0 Å². The third-order valence-electron chi connectivity index (χ3n) is 3.04. The summed E-state index contributed by atoms with van der Waals surface area (Å²) in [4.78, 5) is 32.9. The number of rotatable bonds is 7. The summed E-state index contributed by atoms with van der Waals surface area (Å²) < 4.78 is 10.3. The SMILES string of the molecule is COc1cccc(NC(=O)COc2ccc([N+](=O)[O-])cc2C=O)c1. The molecule has 8 nitrogen and oxygen atoms in total. The quantitative estimate of drug-likeness (QED) is 0.474. The third kappa shape index (κ3) is 4.29. The summed E-state index contributed by atoms with van der Waals surface area (Å²) in [6, 6.07) is 10.3. The van der Waals surface area contributed by atoms with Crippen molar-refractivity contribution in [1.29, 1.82) is 0 Å². The first-order valence-corrected chi connectivity index (χ1v) is 6.84. The molecule has 2 rings (SSSR count). The van der Waals surface area contributed by atoms with Gasteiger partial charge in [0, 0.05) is 23.9 Å². The number of carbonyl (C=O) groups is 2. The Bertz CT molecular complexity index is 775. The number of amides is 1. The number of aldehydes is 1. The Morgan fingerprint density at radius 3 is 2.75 bits per heavy atom. The zero-order valence-electron chi connectivity index (χ0n) is 12.7. The first kappa shape index (κ1) is 16.9. The highest BCUT2D eigenvalue weighted by atomic mass is 16.6. The minimum absolute atomic E-state index is 0.00150. The second-order valence-electron chi connectivity index (χ2n) is 4.67. The maximum atomic E-state index is 11.9. The average Bonchev–Trinajstić information content (AvgIpc) is 2.59. The number of nitro benzene ring substituents is 1. The molecule has 2 aromatic rings. The van der Waals surface area contributed by atoms with Gasteiger partial charge in [-0.2, -0.15) is 0 Å². The summed E-state index contributed by atoms with van der Waals surface area (Å²) in [6.07, 6.45) is 0.433. The second kappa shape index (κ2) is 7.73. The second-order valence-corrected chi connectivity index (χ2v) is 4.67. The zero-order chi connectivity index (χ0) is 17.5. The predicted molar refractivity (Wildman–Crippen MR) is 85.6 cm³/mol. The van der Waals surface area contributed by atoms with Gasteiger partial charge >= 0.3 is 0 Å². The van der Waals surface area contributed by atoms with Crippen molar-refractivity contribution in [1.82, 2.24) is 0 Å². The maximum absolute atomic E-state index is 11.9. The molecular formula is C16H14N2O6. The number of anilines is 1. The van der Waals surface area contributed by atoms with Crippen LogP contribution < -0.4 is 14.8 Å². The monoisotopic (exact) mass is 330 g/mol. The van der Waals surface area contributed by atoms with Crippen LogP contribution in [0.2, 0.25) is 0 Å². The summed E-state index contributed by atoms with van der Waals surface area (Å²) >= 11 is 0. The smallest absolute Gasteiger partial charge is 0.270 e. The van der Waals surface area contributed by atoms with Gasteiger partial charge in [-0.1, -0.05) is 6.07 Å². The lowest BCUT2D eigenvalue weighted by atomic mass is 10.2. The lowest BCUT2D eigenvalue weighted by Gasteiger charge is -2.09. The van der Waals surface area contributed by atoms with Gasteiger partial charge in [-0.15, -0.1) is 0 Å².